The highest BCUT2D eigenvalue weighted by atomic mass is 16.4. The van der Waals surface area contributed by atoms with Gasteiger partial charge in [0.2, 0.25) is 5.91 Å². The highest BCUT2D eigenvalue weighted by Crippen LogP contribution is 2.38. The van der Waals surface area contributed by atoms with Gasteiger partial charge in [0.15, 0.2) is 0 Å². The predicted molar refractivity (Wildman–Crippen MR) is 51.7 cm³/mol. The Hall–Kier alpha value is -1.06. The van der Waals surface area contributed by atoms with Crippen molar-refractivity contribution < 1.29 is 14.7 Å². The Bertz CT molecular complexity index is 240. The number of carboxylic acids is 1. The molecule has 0 aliphatic heterocycles. The second kappa shape index (κ2) is 4.44. The number of carbonyl (C=O) groups excluding carboxylic acids is 1. The highest BCUT2D eigenvalue weighted by Gasteiger charge is 2.48. The molecule has 0 aromatic carbocycles. The van der Waals surface area contributed by atoms with Crippen LogP contribution >= 0.6 is 0 Å². The first kappa shape index (κ1) is 11.0. The molecule has 1 amide bonds. The van der Waals surface area contributed by atoms with Gasteiger partial charge in [-0.3, -0.25) is 9.59 Å². The normalized spacial score (nSPS) is 26.7. The van der Waals surface area contributed by atoms with Gasteiger partial charge in [-0.2, -0.15) is 0 Å². The summed E-state index contributed by atoms with van der Waals surface area (Å²) in [5.41, 5.74) is 0. The molecule has 4 heteroatoms. The van der Waals surface area contributed by atoms with E-state index in [1.807, 2.05) is 0 Å². The fraction of sp³-hybridized carbons (Fsp3) is 0.800. The smallest absolute Gasteiger partial charge is 0.307 e. The molecule has 1 aliphatic carbocycles. The van der Waals surface area contributed by atoms with E-state index >= 15 is 0 Å². The van der Waals surface area contributed by atoms with Gasteiger partial charge in [0.25, 0.3) is 0 Å². The highest BCUT2D eigenvalue weighted by molar-refractivity contribution is 5.89. The van der Waals surface area contributed by atoms with Crippen molar-refractivity contribution in [1.82, 2.24) is 5.32 Å². The van der Waals surface area contributed by atoms with E-state index in [1.165, 1.54) is 0 Å². The zero-order chi connectivity index (χ0) is 10.7. The fourth-order valence-electron chi connectivity index (χ4n) is 1.31. The van der Waals surface area contributed by atoms with Gasteiger partial charge in [0.1, 0.15) is 0 Å². The summed E-state index contributed by atoms with van der Waals surface area (Å²) in [5, 5.41) is 11.4. The maximum absolute atomic E-state index is 11.4. The van der Waals surface area contributed by atoms with E-state index in [0.29, 0.717) is 18.9 Å². The van der Waals surface area contributed by atoms with Crippen LogP contribution in [-0.4, -0.2) is 23.5 Å². The van der Waals surface area contributed by atoms with E-state index in [9.17, 15) is 9.59 Å². The number of carbonyl (C=O) groups is 2. The van der Waals surface area contributed by atoms with Crippen molar-refractivity contribution in [3.8, 4) is 0 Å². The van der Waals surface area contributed by atoms with Gasteiger partial charge in [-0.15, -0.1) is 0 Å². The summed E-state index contributed by atoms with van der Waals surface area (Å²) in [6, 6.07) is 0. The summed E-state index contributed by atoms with van der Waals surface area (Å²) in [7, 11) is 0. The van der Waals surface area contributed by atoms with Crippen molar-refractivity contribution in [3.05, 3.63) is 0 Å². The molecule has 1 saturated carbocycles. The van der Waals surface area contributed by atoms with Crippen molar-refractivity contribution >= 4 is 11.9 Å². The van der Waals surface area contributed by atoms with Crippen LogP contribution in [0.5, 0.6) is 0 Å². The molecule has 0 aromatic heterocycles. The van der Waals surface area contributed by atoms with Gasteiger partial charge in [-0.25, -0.2) is 0 Å². The van der Waals surface area contributed by atoms with Gasteiger partial charge in [-0.1, -0.05) is 20.3 Å². The Morgan fingerprint density at radius 1 is 1.50 bits per heavy atom. The number of nitrogens with one attached hydrogen (secondary N) is 1. The number of hydrogen-bond donors (Lipinski definition) is 2. The van der Waals surface area contributed by atoms with Crippen LogP contribution in [-0.2, 0) is 9.59 Å². The number of hydrogen-bond acceptors (Lipinski definition) is 2. The number of carboxylic acid groups (broad SMARTS) is 1. The van der Waals surface area contributed by atoms with Crippen LogP contribution in [0.1, 0.15) is 26.7 Å². The standard InChI is InChI=1S/C10H17NO3/c1-3-6(2)5-11-9(12)7-4-8(7)10(13)14/h6-8H,3-5H2,1-2H3,(H,11,12)(H,13,14). The molecule has 4 nitrogen and oxygen atoms in total. The molecule has 80 valence electrons. The van der Waals surface area contributed by atoms with Crippen LogP contribution in [0.25, 0.3) is 0 Å². The molecule has 1 rings (SSSR count). The Balaban J connectivity index is 2.21. The van der Waals surface area contributed by atoms with Gasteiger partial charge in [0.05, 0.1) is 11.8 Å². The topological polar surface area (TPSA) is 66.4 Å². The van der Waals surface area contributed by atoms with Crippen LogP contribution in [0, 0.1) is 17.8 Å². The summed E-state index contributed by atoms with van der Waals surface area (Å²) in [5.74, 6) is -1.21. The number of amides is 1. The maximum Gasteiger partial charge on any atom is 0.307 e. The minimum Gasteiger partial charge on any atom is -0.481 e. The lowest BCUT2D eigenvalue weighted by Crippen LogP contribution is -2.30. The van der Waals surface area contributed by atoms with Gasteiger partial charge in [-0.05, 0) is 12.3 Å². The third-order valence-corrected chi connectivity index (χ3v) is 2.77. The zero-order valence-electron chi connectivity index (χ0n) is 8.62. The van der Waals surface area contributed by atoms with Crippen LogP contribution in [0.4, 0.5) is 0 Å². The van der Waals surface area contributed by atoms with E-state index in [1.54, 1.807) is 0 Å². The molecule has 0 radical (unpaired) electrons. The van der Waals surface area contributed by atoms with Crippen LogP contribution in [0.15, 0.2) is 0 Å². The van der Waals surface area contributed by atoms with E-state index in [-0.39, 0.29) is 11.8 Å². The second-order valence-electron chi connectivity index (χ2n) is 4.05. The molecule has 0 bridgehead atoms. The van der Waals surface area contributed by atoms with E-state index in [2.05, 4.69) is 19.2 Å². The molecule has 1 fully saturated rings. The summed E-state index contributed by atoms with van der Waals surface area (Å²) >= 11 is 0. The molecule has 2 N–H and O–H groups in total. The van der Waals surface area contributed by atoms with Gasteiger partial charge in [0, 0.05) is 6.54 Å². The Labute approximate surface area is 83.7 Å². The molecule has 3 atom stereocenters. The first-order valence-electron chi connectivity index (χ1n) is 5.06. The number of aliphatic carboxylic acids is 1. The van der Waals surface area contributed by atoms with Crippen molar-refractivity contribution in [2.75, 3.05) is 6.54 Å². The fourth-order valence-corrected chi connectivity index (χ4v) is 1.31. The van der Waals surface area contributed by atoms with Crippen LogP contribution in [0.2, 0.25) is 0 Å². The lowest BCUT2D eigenvalue weighted by molar-refractivity contribution is -0.140. The minimum atomic E-state index is -0.853. The summed E-state index contributed by atoms with van der Waals surface area (Å²) in [6.45, 7) is 4.77. The molecule has 3 unspecified atom stereocenters. The van der Waals surface area contributed by atoms with E-state index < -0.39 is 11.9 Å². The summed E-state index contributed by atoms with van der Waals surface area (Å²) < 4.78 is 0. The lowest BCUT2D eigenvalue weighted by Gasteiger charge is -2.09. The first-order valence-corrected chi connectivity index (χ1v) is 5.06. The minimum absolute atomic E-state index is 0.0994. The first-order chi connectivity index (χ1) is 6.56. The van der Waals surface area contributed by atoms with Crippen LogP contribution < -0.4 is 5.32 Å². The van der Waals surface area contributed by atoms with E-state index in [4.69, 9.17) is 5.11 Å². The van der Waals surface area contributed by atoms with Crippen molar-refractivity contribution in [2.45, 2.75) is 26.7 Å². The number of rotatable bonds is 5. The molecular formula is C10H17NO3. The molecular weight excluding hydrogens is 182 g/mol. The molecule has 0 saturated heterocycles. The van der Waals surface area contributed by atoms with Crippen molar-refractivity contribution in [2.24, 2.45) is 17.8 Å². The largest absolute Gasteiger partial charge is 0.481 e. The SMILES string of the molecule is CCC(C)CNC(=O)C1CC1C(=O)O. The third-order valence-electron chi connectivity index (χ3n) is 2.77. The van der Waals surface area contributed by atoms with Gasteiger partial charge < -0.3 is 10.4 Å². The summed E-state index contributed by atoms with van der Waals surface area (Å²) in [4.78, 5) is 21.9. The van der Waals surface area contributed by atoms with E-state index in [0.717, 1.165) is 6.42 Å². The molecule has 1 aliphatic rings. The maximum atomic E-state index is 11.4. The summed E-state index contributed by atoms with van der Waals surface area (Å²) in [6.07, 6.45) is 1.52. The average molecular weight is 199 g/mol. The molecule has 14 heavy (non-hydrogen) atoms. The predicted octanol–water partition coefficient (Wildman–Crippen LogP) is 0.869. The van der Waals surface area contributed by atoms with Gasteiger partial charge >= 0.3 is 5.97 Å². The third kappa shape index (κ3) is 2.72. The Morgan fingerprint density at radius 3 is 2.57 bits per heavy atom. The molecule has 0 aromatic rings. The van der Waals surface area contributed by atoms with Crippen LogP contribution in [0.3, 0.4) is 0 Å². The molecule has 0 spiro atoms. The Kier molecular flexibility index (Phi) is 3.49. The average Bonchev–Trinajstić information content (AvgIpc) is 2.92. The zero-order valence-corrected chi connectivity index (χ0v) is 8.62. The van der Waals surface area contributed by atoms with Crippen molar-refractivity contribution in [1.29, 1.82) is 0 Å². The van der Waals surface area contributed by atoms with Crippen molar-refractivity contribution in [3.63, 3.8) is 0 Å². The lowest BCUT2D eigenvalue weighted by atomic mass is 10.1. The second-order valence-corrected chi connectivity index (χ2v) is 4.05. The monoisotopic (exact) mass is 199 g/mol. The Morgan fingerprint density at radius 2 is 2.14 bits per heavy atom. The molecule has 0 heterocycles. The quantitative estimate of drug-likeness (QED) is 0.690.